The molecule has 3 heterocycles. The molecule has 0 spiro atoms. The van der Waals surface area contributed by atoms with Crippen LogP contribution in [0, 0.1) is 0 Å². The lowest BCUT2D eigenvalue weighted by atomic mass is 10.00. The van der Waals surface area contributed by atoms with Gasteiger partial charge in [-0.3, -0.25) is 14.2 Å². The maximum absolute atomic E-state index is 12.6. The van der Waals surface area contributed by atoms with Gasteiger partial charge in [-0.15, -0.1) is 11.3 Å². The van der Waals surface area contributed by atoms with Crippen LogP contribution >= 0.6 is 11.3 Å². The van der Waals surface area contributed by atoms with Crippen molar-refractivity contribution in [3.8, 4) is 0 Å². The first-order valence-electron chi connectivity index (χ1n) is 8.41. The Kier molecular flexibility index (Phi) is 4.80. The number of hydrogen-bond donors (Lipinski definition) is 0. The fourth-order valence-electron chi connectivity index (χ4n) is 3.29. The minimum absolute atomic E-state index is 0.0331. The second-order valence-corrected chi connectivity index (χ2v) is 7.22. The van der Waals surface area contributed by atoms with Gasteiger partial charge < -0.3 is 4.90 Å². The van der Waals surface area contributed by atoms with E-state index in [2.05, 4.69) is 18.8 Å². The fourth-order valence-corrected chi connectivity index (χ4v) is 4.21. The van der Waals surface area contributed by atoms with Crippen LogP contribution in [0.4, 0.5) is 0 Å². The summed E-state index contributed by atoms with van der Waals surface area (Å²) in [7, 11) is 0. The molecule has 1 fully saturated rings. The molecule has 0 unspecified atom stereocenters. The van der Waals surface area contributed by atoms with Crippen molar-refractivity contribution in [1.29, 1.82) is 0 Å². The second kappa shape index (κ2) is 6.83. The zero-order chi connectivity index (χ0) is 16.4. The molecule has 1 atom stereocenters. The molecule has 2 aromatic rings. The SMILES string of the molecule is CCc1cc2c(=O)n(CC(=O)N3CCCC[C@H]3CC)cnc2s1. The van der Waals surface area contributed by atoms with E-state index >= 15 is 0 Å². The predicted octanol–water partition coefficient (Wildman–Crippen LogP) is 2.81. The van der Waals surface area contributed by atoms with Gasteiger partial charge in [-0.25, -0.2) is 4.98 Å². The number of piperidine rings is 1. The third-order valence-electron chi connectivity index (χ3n) is 4.64. The fraction of sp³-hybridized carbons (Fsp3) is 0.588. The summed E-state index contributed by atoms with van der Waals surface area (Å²) in [6, 6.07) is 2.22. The summed E-state index contributed by atoms with van der Waals surface area (Å²) in [5.74, 6) is 0.0331. The Bertz CT molecular complexity index is 765. The van der Waals surface area contributed by atoms with Crippen LogP contribution in [0.2, 0.25) is 0 Å². The highest BCUT2D eigenvalue weighted by Gasteiger charge is 2.25. The van der Waals surface area contributed by atoms with E-state index in [1.165, 1.54) is 17.3 Å². The van der Waals surface area contributed by atoms with Crippen molar-refractivity contribution in [2.24, 2.45) is 0 Å². The van der Waals surface area contributed by atoms with Crippen molar-refractivity contribution in [3.05, 3.63) is 27.6 Å². The Labute approximate surface area is 139 Å². The van der Waals surface area contributed by atoms with Crippen molar-refractivity contribution >= 4 is 27.5 Å². The summed E-state index contributed by atoms with van der Waals surface area (Å²) in [4.78, 5) is 33.4. The number of amides is 1. The molecule has 0 bridgehead atoms. The number of aromatic nitrogens is 2. The zero-order valence-electron chi connectivity index (χ0n) is 13.7. The molecule has 2 aromatic heterocycles. The zero-order valence-corrected chi connectivity index (χ0v) is 14.6. The van der Waals surface area contributed by atoms with E-state index in [0.29, 0.717) is 11.4 Å². The number of hydrogen-bond acceptors (Lipinski definition) is 4. The first-order chi connectivity index (χ1) is 11.1. The Balaban J connectivity index is 1.84. The minimum atomic E-state index is -0.107. The molecule has 1 aliphatic heterocycles. The average molecular weight is 333 g/mol. The molecule has 3 rings (SSSR count). The number of carbonyl (C=O) groups excluding carboxylic acids is 1. The molecule has 0 radical (unpaired) electrons. The molecule has 0 aliphatic carbocycles. The highest BCUT2D eigenvalue weighted by molar-refractivity contribution is 7.18. The molecule has 5 nitrogen and oxygen atoms in total. The van der Waals surface area contributed by atoms with Crippen LogP contribution < -0.4 is 5.56 Å². The number of likely N-dealkylation sites (tertiary alicyclic amines) is 1. The van der Waals surface area contributed by atoms with Crippen molar-refractivity contribution < 1.29 is 4.79 Å². The van der Waals surface area contributed by atoms with Gasteiger partial charge in [0.15, 0.2) is 0 Å². The lowest BCUT2D eigenvalue weighted by Crippen LogP contribution is -2.45. The number of thiophene rings is 1. The molecule has 0 N–H and O–H groups in total. The van der Waals surface area contributed by atoms with E-state index in [0.717, 1.165) is 41.9 Å². The van der Waals surface area contributed by atoms with Gasteiger partial charge in [0.1, 0.15) is 11.4 Å². The van der Waals surface area contributed by atoms with Gasteiger partial charge in [0.2, 0.25) is 5.91 Å². The monoisotopic (exact) mass is 333 g/mol. The van der Waals surface area contributed by atoms with Crippen LogP contribution in [0.15, 0.2) is 17.2 Å². The number of nitrogens with zero attached hydrogens (tertiary/aromatic N) is 3. The first kappa shape index (κ1) is 16.2. The van der Waals surface area contributed by atoms with Crippen molar-refractivity contribution in [2.45, 2.75) is 58.5 Å². The van der Waals surface area contributed by atoms with Gasteiger partial charge in [-0.2, -0.15) is 0 Å². The van der Waals surface area contributed by atoms with Crippen molar-refractivity contribution in [1.82, 2.24) is 14.5 Å². The number of carbonyl (C=O) groups is 1. The van der Waals surface area contributed by atoms with Crippen molar-refractivity contribution in [3.63, 3.8) is 0 Å². The summed E-state index contributed by atoms with van der Waals surface area (Å²) in [6.07, 6.45) is 6.69. The molecule has 23 heavy (non-hydrogen) atoms. The van der Waals surface area contributed by atoms with Crippen LogP contribution in [0.1, 0.15) is 44.4 Å². The molecule has 1 saturated heterocycles. The topological polar surface area (TPSA) is 55.2 Å². The highest BCUT2D eigenvalue weighted by atomic mass is 32.1. The van der Waals surface area contributed by atoms with Gasteiger partial charge in [-0.1, -0.05) is 13.8 Å². The lowest BCUT2D eigenvalue weighted by Gasteiger charge is -2.35. The van der Waals surface area contributed by atoms with E-state index in [9.17, 15) is 9.59 Å². The molecule has 6 heteroatoms. The predicted molar refractivity (Wildman–Crippen MR) is 92.9 cm³/mol. The van der Waals surface area contributed by atoms with Gasteiger partial charge in [0.05, 0.1) is 11.7 Å². The summed E-state index contributed by atoms with van der Waals surface area (Å²) in [5, 5.41) is 0.632. The van der Waals surface area contributed by atoms with Crippen LogP contribution in [-0.4, -0.2) is 32.9 Å². The van der Waals surface area contributed by atoms with E-state index in [1.54, 1.807) is 11.3 Å². The van der Waals surface area contributed by atoms with Crippen LogP contribution in [0.25, 0.3) is 10.2 Å². The number of rotatable bonds is 4. The molecule has 1 aliphatic rings. The van der Waals surface area contributed by atoms with Gasteiger partial charge in [0.25, 0.3) is 5.56 Å². The quantitative estimate of drug-likeness (QED) is 0.864. The van der Waals surface area contributed by atoms with Crippen LogP contribution in [0.5, 0.6) is 0 Å². The average Bonchev–Trinajstić information content (AvgIpc) is 3.01. The van der Waals surface area contributed by atoms with Crippen molar-refractivity contribution in [2.75, 3.05) is 6.54 Å². The smallest absolute Gasteiger partial charge is 0.262 e. The maximum Gasteiger partial charge on any atom is 0.262 e. The van der Waals surface area contributed by atoms with E-state index in [1.807, 2.05) is 11.0 Å². The Morgan fingerprint density at radius 3 is 2.96 bits per heavy atom. The lowest BCUT2D eigenvalue weighted by molar-refractivity contribution is -0.135. The van der Waals surface area contributed by atoms with Gasteiger partial charge in [0, 0.05) is 17.5 Å². The minimum Gasteiger partial charge on any atom is -0.338 e. The molecular weight excluding hydrogens is 310 g/mol. The van der Waals surface area contributed by atoms with Crippen LogP contribution in [-0.2, 0) is 17.8 Å². The summed E-state index contributed by atoms with van der Waals surface area (Å²) in [5.41, 5.74) is -0.107. The summed E-state index contributed by atoms with van der Waals surface area (Å²) in [6.45, 7) is 5.08. The number of aryl methyl sites for hydroxylation is 1. The normalized spacial score (nSPS) is 18.5. The molecule has 1 amide bonds. The molecular formula is C17H23N3O2S. The number of fused-ring (bicyclic) bond motifs is 1. The molecule has 0 aromatic carbocycles. The second-order valence-electron chi connectivity index (χ2n) is 6.11. The molecule has 0 saturated carbocycles. The van der Waals surface area contributed by atoms with E-state index < -0.39 is 0 Å². The third kappa shape index (κ3) is 3.17. The van der Waals surface area contributed by atoms with E-state index in [-0.39, 0.29) is 18.0 Å². The maximum atomic E-state index is 12.6. The Morgan fingerprint density at radius 1 is 1.39 bits per heavy atom. The standard InChI is InChI=1S/C17H23N3O2S/c1-3-12-7-5-6-8-20(12)15(21)10-19-11-18-16-14(17(19)22)9-13(4-2)23-16/h9,11-12H,3-8,10H2,1-2H3/t12-/m1/s1. The molecule has 124 valence electrons. The first-order valence-corrected chi connectivity index (χ1v) is 9.23. The van der Waals surface area contributed by atoms with Gasteiger partial charge in [-0.05, 0) is 38.2 Å². The van der Waals surface area contributed by atoms with Crippen LogP contribution in [0.3, 0.4) is 0 Å². The summed E-state index contributed by atoms with van der Waals surface area (Å²) >= 11 is 1.55. The van der Waals surface area contributed by atoms with Gasteiger partial charge >= 0.3 is 0 Å². The Hall–Kier alpha value is -1.69. The third-order valence-corrected chi connectivity index (χ3v) is 5.83. The summed E-state index contributed by atoms with van der Waals surface area (Å²) < 4.78 is 1.46. The van der Waals surface area contributed by atoms with E-state index in [4.69, 9.17) is 0 Å². The Morgan fingerprint density at radius 2 is 2.22 bits per heavy atom. The largest absolute Gasteiger partial charge is 0.338 e. The highest BCUT2D eigenvalue weighted by Crippen LogP contribution is 2.22.